The minimum Gasteiger partial charge on any atom is -0.480 e. The van der Waals surface area contributed by atoms with E-state index in [1.165, 1.54) is 19.8 Å². The molecule has 0 radical (unpaired) electrons. The predicted molar refractivity (Wildman–Crippen MR) is 65.8 cm³/mol. The highest BCUT2D eigenvalue weighted by Crippen LogP contribution is 2.09. The summed E-state index contributed by atoms with van der Waals surface area (Å²) in [6.45, 7) is 6.11. The molecule has 6 nitrogen and oxygen atoms in total. The number of carboxylic acids is 1. The van der Waals surface area contributed by atoms with Gasteiger partial charge in [0.25, 0.3) is 0 Å². The van der Waals surface area contributed by atoms with E-state index in [4.69, 9.17) is 10.8 Å². The zero-order chi connectivity index (χ0) is 13.4. The maximum Gasteiger partial charge on any atom is 0.320 e. The molecule has 3 N–H and O–H groups in total. The highest BCUT2D eigenvalue weighted by Gasteiger charge is 2.19. The predicted octanol–water partition coefficient (Wildman–Crippen LogP) is 0.572. The zero-order valence-electron chi connectivity index (χ0n) is 10.8. The Morgan fingerprint density at radius 2 is 1.82 bits per heavy atom. The van der Waals surface area contributed by atoms with Crippen LogP contribution in [-0.2, 0) is 4.79 Å². The van der Waals surface area contributed by atoms with Crippen molar-refractivity contribution in [3.05, 3.63) is 0 Å². The summed E-state index contributed by atoms with van der Waals surface area (Å²) in [6, 6.07) is -0.546. The van der Waals surface area contributed by atoms with E-state index in [1.807, 2.05) is 18.9 Å². The van der Waals surface area contributed by atoms with Crippen LogP contribution in [-0.4, -0.2) is 59.6 Å². The molecular formula is C11H23N3O3. The van der Waals surface area contributed by atoms with Crippen LogP contribution in [0, 0.1) is 0 Å². The van der Waals surface area contributed by atoms with Crippen LogP contribution in [0.1, 0.15) is 26.7 Å². The SMILES string of the molecule is CCN(C)C(=O)N1CCCC1.C[C@H](N)C(=O)O. The summed E-state index contributed by atoms with van der Waals surface area (Å²) in [5.41, 5.74) is 4.84. The molecule has 17 heavy (non-hydrogen) atoms. The second kappa shape index (κ2) is 7.89. The Morgan fingerprint density at radius 3 is 2.12 bits per heavy atom. The van der Waals surface area contributed by atoms with Crippen LogP contribution in [0.2, 0.25) is 0 Å². The van der Waals surface area contributed by atoms with Crippen molar-refractivity contribution in [2.75, 3.05) is 26.7 Å². The van der Waals surface area contributed by atoms with Crippen molar-refractivity contribution in [3.8, 4) is 0 Å². The maximum absolute atomic E-state index is 11.4. The lowest BCUT2D eigenvalue weighted by Crippen LogP contribution is -2.39. The normalized spacial score (nSPS) is 15.9. The van der Waals surface area contributed by atoms with Crippen molar-refractivity contribution >= 4 is 12.0 Å². The number of carbonyl (C=O) groups is 2. The number of carbonyl (C=O) groups excluding carboxylic acids is 1. The molecule has 0 aliphatic carbocycles. The van der Waals surface area contributed by atoms with Crippen molar-refractivity contribution < 1.29 is 14.7 Å². The van der Waals surface area contributed by atoms with Gasteiger partial charge in [0, 0.05) is 26.7 Å². The number of nitrogens with two attached hydrogens (primary N) is 1. The Bertz CT molecular complexity index is 250. The first-order valence-corrected chi connectivity index (χ1v) is 5.88. The third-order valence-corrected chi connectivity index (χ3v) is 2.57. The molecule has 0 spiro atoms. The zero-order valence-corrected chi connectivity index (χ0v) is 10.8. The van der Waals surface area contributed by atoms with Crippen LogP contribution in [0.25, 0.3) is 0 Å². The minimum atomic E-state index is -0.963. The molecule has 0 saturated carbocycles. The number of hydrogen-bond acceptors (Lipinski definition) is 3. The molecular weight excluding hydrogens is 222 g/mol. The second-order valence-electron chi connectivity index (χ2n) is 4.12. The molecule has 2 amide bonds. The van der Waals surface area contributed by atoms with E-state index in [1.54, 1.807) is 4.90 Å². The lowest BCUT2D eigenvalue weighted by Gasteiger charge is -2.22. The molecule has 6 heteroatoms. The van der Waals surface area contributed by atoms with Crippen LogP contribution < -0.4 is 5.73 Å². The minimum absolute atomic E-state index is 0.185. The average Bonchev–Trinajstić information content (AvgIpc) is 2.81. The van der Waals surface area contributed by atoms with E-state index in [0.717, 1.165) is 19.6 Å². The summed E-state index contributed by atoms with van der Waals surface area (Å²) in [4.78, 5) is 24.7. The topological polar surface area (TPSA) is 86.9 Å². The Balaban J connectivity index is 0.000000366. The van der Waals surface area contributed by atoms with Crippen molar-refractivity contribution in [1.82, 2.24) is 9.80 Å². The molecule has 100 valence electrons. The fraction of sp³-hybridized carbons (Fsp3) is 0.818. The standard InChI is InChI=1S/C8H16N2O.C3H7NO2/c1-3-9(2)8(11)10-6-4-5-7-10;1-2(4)3(5)6/h3-7H2,1-2H3;2H,4H2,1H3,(H,5,6)/t;2-/m.0/s1. The largest absolute Gasteiger partial charge is 0.480 e. The Kier molecular flexibility index (Phi) is 7.29. The van der Waals surface area contributed by atoms with Crippen LogP contribution in [0.4, 0.5) is 4.79 Å². The summed E-state index contributed by atoms with van der Waals surface area (Å²) in [5, 5.41) is 7.87. The fourth-order valence-corrected chi connectivity index (χ4v) is 1.29. The van der Waals surface area contributed by atoms with Crippen molar-refractivity contribution in [3.63, 3.8) is 0 Å². The number of carboxylic acid groups (broad SMARTS) is 1. The van der Waals surface area contributed by atoms with Crippen LogP contribution in [0.15, 0.2) is 0 Å². The van der Waals surface area contributed by atoms with Crippen molar-refractivity contribution in [2.24, 2.45) is 5.73 Å². The van der Waals surface area contributed by atoms with Gasteiger partial charge in [0.2, 0.25) is 0 Å². The van der Waals surface area contributed by atoms with E-state index >= 15 is 0 Å². The lowest BCUT2D eigenvalue weighted by molar-refractivity contribution is -0.138. The first-order valence-electron chi connectivity index (χ1n) is 5.88. The lowest BCUT2D eigenvalue weighted by atomic mass is 10.4. The van der Waals surface area contributed by atoms with Gasteiger partial charge < -0.3 is 20.6 Å². The van der Waals surface area contributed by atoms with E-state index in [-0.39, 0.29) is 6.03 Å². The molecule has 0 bridgehead atoms. The average molecular weight is 245 g/mol. The molecule has 1 aliphatic heterocycles. The van der Waals surface area contributed by atoms with Crippen molar-refractivity contribution in [2.45, 2.75) is 32.7 Å². The molecule has 0 unspecified atom stereocenters. The molecule has 1 rings (SSSR count). The highest BCUT2D eigenvalue weighted by molar-refractivity contribution is 5.74. The summed E-state index contributed by atoms with van der Waals surface area (Å²) >= 11 is 0. The fourth-order valence-electron chi connectivity index (χ4n) is 1.29. The molecule has 1 fully saturated rings. The van der Waals surface area contributed by atoms with Crippen molar-refractivity contribution in [1.29, 1.82) is 0 Å². The first kappa shape index (κ1) is 15.7. The number of rotatable bonds is 2. The van der Waals surface area contributed by atoms with Gasteiger partial charge in [-0.2, -0.15) is 0 Å². The monoisotopic (exact) mass is 245 g/mol. The van der Waals surface area contributed by atoms with Gasteiger partial charge in [-0.3, -0.25) is 4.79 Å². The van der Waals surface area contributed by atoms with Gasteiger partial charge in [0.15, 0.2) is 0 Å². The quantitative estimate of drug-likeness (QED) is 0.744. The van der Waals surface area contributed by atoms with Gasteiger partial charge in [0.1, 0.15) is 6.04 Å². The van der Waals surface area contributed by atoms with E-state index in [9.17, 15) is 9.59 Å². The number of likely N-dealkylation sites (tertiary alicyclic amines) is 1. The Morgan fingerprint density at radius 1 is 1.41 bits per heavy atom. The number of urea groups is 1. The molecule has 1 heterocycles. The van der Waals surface area contributed by atoms with E-state index in [0.29, 0.717) is 0 Å². The molecule has 1 saturated heterocycles. The number of amides is 2. The van der Waals surface area contributed by atoms with E-state index in [2.05, 4.69) is 0 Å². The van der Waals surface area contributed by atoms with Gasteiger partial charge in [-0.05, 0) is 26.7 Å². The summed E-state index contributed by atoms with van der Waals surface area (Å²) in [7, 11) is 1.85. The summed E-state index contributed by atoms with van der Waals surface area (Å²) in [6.07, 6.45) is 2.34. The van der Waals surface area contributed by atoms with Crippen LogP contribution in [0.5, 0.6) is 0 Å². The van der Waals surface area contributed by atoms with E-state index < -0.39 is 12.0 Å². The third-order valence-electron chi connectivity index (χ3n) is 2.57. The number of aliphatic carboxylic acids is 1. The highest BCUT2D eigenvalue weighted by atomic mass is 16.4. The molecule has 1 atom stereocenters. The molecule has 0 aromatic rings. The molecule has 1 aliphatic rings. The molecule has 0 aromatic carbocycles. The summed E-state index contributed by atoms with van der Waals surface area (Å²) < 4.78 is 0. The Hall–Kier alpha value is -1.30. The van der Waals surface area contributed by atoms with Gasteiger partial charge in [-0.25, -0.2) is 4.79 Å². The third kappa shape index (κ3) is 6.11. The van der Waals surface area contributed by atoms with Crippen LogP contribution >= 0.6 is 0 Å². The Labute approximate surface area is 102 Å². The van der Waals surface area contributed by atoms with Crippen LogP contribution in [0.3, 0.4) is 0 Å². The first-order chi connectivity index (χ1) is 7.90. The van der Waals surface area contributed by atoms with Gasteiger partial charge in [-0.1, -0.05) is 0 Å². The van der Waals surface area contributed by atoms with Gasteiger partial charge >= 0.3 is 12.0 Å². The molecule has 0 aromatic heterocycles. The maximum atomic E-state index is 11.4. The van der Waals surface area contributed by atoms with Gasteiger partial charge in [-0.15, -0.1) is 0 Å². The number of nitrogens with zero attached hydrogens (tertiary/aromatic N) is 2. The van der Waals surface area contributed by atoms with Gasteiger partial charge in [0.05, 0.1) is 0 Å². The second-order valence-corrected chi connectivity index (χ2v) is 4.12. The smallest absolute Gasteiger partial charge is 0.320 e. The number of hydrogen-bond donors (Lipinski definition) is 2. The summed E-state index contributed by atoms with van der Waals surface area (Å²) in [5.74, 6) is -0.963.